The molecule has 0 aliphatic carbocycles. The second-order valence-corrected chi connectivity index (χ2v) is 8.89. The molecule has 0 saturated carbocycles. The van der Waals surface area contributed by atoms with Gasteiger partial charge in [0, 0.05) is 0 Å². The number of sulfone groups is 1. The van der Waals surface area contributed by atoms with E-state index in [4.69, 9.17) is 15.4 Å². The molecular formula is C14H14N4O6S2. The molecule has 0 fully saturated rings. The van der Waals surface area contributed by atoms with Gasteiger partial charge in [-0.2, -0.15) is 8.42 Å². The van der Waals surface area contributed by atoms with Crippen LogP contribution in [0.25, 0.3) is 16.7 Å². The van der Waals surface area contributed by atoms with E-state index >= 15 is 0 Å². The Labute approximate surface area is 148 Å². The summed E-state index contributed by atoms with van der Waals surface area (Å²) in [5, 5.41) is 16.7. The first kappa shape index (κ1) is 18.3. The molecule has 0 aliphatic heterocycles. The summed E-state index contributed by atoms with van der Waals surface area (Å²) < 4.78 is 56.9. The Kier molecular flexibility index (Phi) is 4.44. The van der Waals surface area contributed by atoms with Crippen molar-refractivity contribution in [3.63, 3.8) is 0 Å². The van der Waals surface area contributed by atoms with E-state index in [1.807, 2.05) is 0 Å². The van der Waals surface area contributed by atoms with Crippen LogP contribution in [-0.4, -0.2) is 53.8 Å². The van der Waals surface area contributed by atoms with Gasteiger partial charge in [-0.3, -0.25) is 4.55 Å². The normalized spacial score (nSPS) is 12.5. The molecule has 1 aromatic heterocycles. The van der Waals surface area contributed by atoms with E-state index in [1.54, 1.807) is 0 Å². The highest BCUT2D eigenvalue weighted by Gasteiger charge is 2.18. The van der Waals surface area contributed by atoms with Crippen molar-refractivity contribution in [1.82, 2.24) is 15.0 Å². The van der Waals surface area contributed by atoms with Crippen molar-refractivity contribution in [3.05, 3.63) is 36.4 Å². The molecule has 0 bridgehead atoms. The molecule has 0 atom stereocenters. The van der Waals surface area contributed by atoms with Gasteiger partial charge in [-0.1, -0.05) is 5.21 Å². The van der Waals surface area contributed by atoms with Crippen LogP contribution in [0.15, 0.2) is 46.2 Å². The van der Waals surface area contributed by atoms with E-state index in [0.29, 0.717) is 16.7 Å². The fraction of sp³-hybridized carbons (Fsp3) is 0.143. The summed E-state index contributed by atoms with van der Waals surface area (Å²) in [5.41, 5.74) is 6.63. The predicted molar refractivity (Wildman–Crippen MR) is 92.2 cm³/mol. The summed E-state index contributed by atoms with van der Waals surface area (Å²) in [6.45, 7) is -0.494. The molecule has 0 spiro atoms. The summed E-state index contributed by atoms with van der Waals surface area (Å²) in [4.78, 5) is -0.421. The lowest BCUT2D eigenvalue weighted by Crippen LogP contribution is -2.10. The summed E-state index contributed by atoms with van der Waals surface area (Å²) in [5.74, 6) is -0.403. The number of aliphatic hydroxyl groups is 1. The second kappa shape index (κ2) is 6.32. The molecule has 138 valence electrons. The van der Waals surface area contributed by atoms with Gasteiger partial charge < -0.3 is 10.8 Å². The predicted octanol–water partition coefficient (Wildman–Crippen LogP) is 0.0154. The first-order chi connectivity index (χ1) is 12.1. The third-order valence-electron chi connectivity index (χ3n) is 3.65. The zero-order chi connectivity index (χ0) is 19.1. The molecule has 12 heteroatoms. The van der Waals surface area contributed by atoms with E-state index in [9.17, 15) is 16.8 Å². The molecule has 2 aromatic carbocycles. The number of nitrogen functional groups attached to an aromatic ring is 1. The summed E-state index contributed by atoms with van der Waals surface area (Å²) >= 11 is 0. The van der Waals surface area contributed by atoms with E-state index < -0.39 is 37.2 Å². The fourth-order valence-electron chi connectivity index (χ4n) is 2.43. The highest BCUT2D eigenvalue weighted by Crippen LogP contribution is 2.25. The lowest BCUT2D eigenvalue weighted by atomic mass is 10.2. The van der Waals surface area contributed by atoms with Crippen LogP contribution in [0.5, 0.6) is 0 Å². The molecule has 0 unspecified atom stereocenters. The van der Waals surface area contributed by atoms with E-state index in [0.717, 1.165) is 6.07 Å². The summed E-state index contributed by atoms with van der Waals surface area (Å²) in [6.07, 6.45) is 0. The topological polar surface area (TPSA) is 165 Å². The van der Waals surface area contributed by atoms with Gasteiger partial charge in [0.15, 0.2) is 9.84 Å². The Balaban J connectivity index is 2.09. The Morgan fingerprint density at radius 2 is 1.81 bits per heavy atom. The first-order valence-corrected chi connectivity index (χ1v) is 10.3. The van der Waals surface area contributed by atoms with Crippen molar-refractivity contribution >= 4 is 36.7 Å². The Hall–Kier alpha value is -2.54. The molecule has 10 nitrogen and oxygen atoms in total. The molecule has 4 N–H and O–H groups in total. The van der Waals surface area contributed by atoms with Gasteiger partial charge in [0.1, 0.15) is 10.4 Å². The summed E-state index contributed by atoms with van der Waals surface area (Å²) in [6, 6.07) is 8.00. The SMILES string of the molecule is Nc1cc(-n2nnc3cc(S(=O)(=O)CCO)ccc32)ccc1S(=O)(=O)O. The van der Waals surface area contributed by atoms with Gasteiger partial charge in [-0.25, -0.2) is 13.1 Å². The average molecular weight is 398 g/mol. The van der Waals surface area contributed by atoms with Crippen LogP contribution in [0.1, 0.15) is 0 Å². The number of hydrogen-bond donors (Lipinski definition) is 3. The van der Waals surface area contributed by atoms with Crippen molar-refractivity contribution in [2.75, 3.05) is 18.1 Å². The zero-order valence-corrected chi connectivity index (χ0v) is 14.8. The number of rotatable bonds is 5. The number of hydrogen-bond acceptors (Lipinski definition) is 8. The van der Waals surface area contributed by atoms with Crippen molar-refractivity contribution in [1.29, 1.82) is 0 Å². The second-order valence-electron chi connectivity index (χ2n) is 5.39. The third-order valence-corrected chi connectivity index (χ3v) is 6.27. The first-order valence-electron chi connectivity index (χ1n) is 7.20. The van der Waals surface area contributed by atoms with Crippen LogP contribution in [0.2, 0.25) is 0 Å². The van der Waals surface area contributed by atoms with Crippen LogP contribution in [0.3, 0.4) is 0 Å². The van der Waals surface area contributed by atoms with Gasteiger partial charge in [-0.15, -0.1) is 5.10 Å². The Morgan fingerprint density at radius 1 is 1.08 bits per heavy atom. The third kappa shape index (κ3) is 3.26. The highest BCUT2D eigenvalue weighted by molar-refractivity contribution is 7.91. The molecule has 0 amide bonds. The maximum atomic E-state index is 12.0. The number of benzene rings is 2. The largest absolute Gasteiger partial charge is 0.398 e. The molecule has 3 rings (SSSR count). The smallest absolute Gasteiger partial charge is 0.296 e. The van der Waals surface area contributed by atoms with Crippen LogP contribution in [0, 0.1) is 0 Å². The van der Waals surface area contributed by atoms with Crippen LogP contribution in [0.4, 0.5) is 5.69 Å². The average Bonchev–Trinajstić information content (AvgIpc) is 2.96. The monoisotopic (exact) mass is 398 g/mol. The van der Waals surface area contributed by atoms with Crippen molar-refractivity contribution in [3.8, 4) is 5.69 Å². The zero-order valence-electron chi connectivity index (χ0n) is 13.1. The number of nitrogens with two attached hydrogens (primary N) is 1. The molecule has 0 radical (unpaired) electrons. The minimum atomic E-state index is -4.45. The molecule has 26 heavy (non-hydrogen) atoms. The fourth-order valence-corrected chi connectivity index (χ4v) is 4.07. The van der Waals surface area contributed by atoms with E-state index in [2.05, 4.69) is 10.3 Å². The van der Waals surface area contributed by atoms with Crippen LogP contribution in [-0.2, 0) is 20.0 Å². The minimum absolute atomic E-state index is 0.00679. The minimum Gasteiger partial charge on any atom is -0.398 e. The lowest BCUT2D eigenvalue weighted by molar-refractivity contribution is 0.319. The van der Waals surface area contributed by atoms with Gasteiger partial charge in [0.05, 0.1) is 34.1 Å². The lowest BCUT2D eigenvalue weighted by Gasteiger charge is -2.07. The van der Waals surface area contributed by atoms with Crippen molar-refractivity contribution < 1.29 is 26.5 Å². The number of nitrogens with zero attached hydrogens (tertiary/aromatic N) is 3. The number of aromatic nitrogens is 3. The van der Waals surface area contributed by atoms with Crippen molar-refractivity contribution in [2.45, 2.75) is 9.79 Å². The maximum Gasteiger partial charge on any atom is 0.296 e. The molecular weight excluding hydrogens is 384 g/mol. The molecule has 0 aliphatic rings. The van der Waals surface area contributed by atoms with E-state index in [1.165, 1.54) is 35.0 Å². The molecule has 1 heterocycles. The highest BCUT2D eigenvalue weighted by atomic mass is 32.2. The standard InChI is InChI=1S/C14H14N4O6S2/c15-11-7-9(1-4-14(11)26(22,23)24)18-13-3-2-10(8-12(13)16-17-18)25(20,21)6-5-19/h1-4,7-8,19H,5-6,15H2,(H,22,23,24). The summed E-state index contributed by atoms with van der Waals surface area (Å²) in [7, 11) is -8.07. The quantitative estimate of drug-likeness (QED) is 0.396. The van der Waals surface area contributed by atoms with Gasteiger partial charge >= 0.3 is 0 Å². The number of aliphatic hydroxyl groups excluding tert-OH is 1. The van der Waals surface area contributed by atoms with Gasteiger partial charge in [0.25, 0.3) is 10.1 Å². The molecule has 3 aromatic rings. The Morgan fingerprint density at radius 3 is 2.42 bits per heavy atom. The van der Waals surface area contributed by atoms with Crippen LogP contribution < -0.4 is 5.73 Å². The van der Waals surface area contributed by atoms with Crippen LogP contribution >= 0.6 is 0 Å². The van der Waals surface area contributed by atoms with E-state index in [-0.39, 0.29) is 10.6 Å². The molecule has 0 saturated heterocycles. The van der Waals surface area contributed by atoms with Crippen molar-refractivity contribution in [2.24, 2.45) is 0 Å². The maximum absolute atomic E-state index is 12.0. The number of anilines is 1. The Bertz CT molecular complexity index is 1200. The van der Waals surface area contributed by atoms with Gasteiger partial charge in [-0.05, 0) is 36.4 Å². The number of fused-ring (bicyclic) bond motifs is 1. The van der Waals surface area contributed by atoms with Gasteiger partial charge in [0.2, 0.25) is 0 Å².